The number of halogens is 1. The molecule has 0 aliphatic carbocycles. The molecule has 0 saturated carbocycles. The molecule has 0 atom stereocenters. The Hall–Kier alpha value is -0.960. The Balaban J connectivity index is 3.21. The minimum absolute atomic E-state index is 0.114. The smallest absolute Gasteiger partial charge is 0.354 e. The molecular weight excluding hydrogens is 178 g/mol. The molecule has 3 nitrogen and oxygen atoms in total. The Bertz CT molecular complexity index is 304. The summed E-state index contributed by atoms with van der Waals surface area (Å²) in [6.07, 6.45) is 1.68. The number of carboxylic acids is 1. The van der Waals surface area contributed by atoms with E-state index in [4.69, 9.17) is 16.7 Å². The number of carbonyl (C=O) groups is 1. The molecule has 0 saturated heterocycles. The first kappa shape index (κ1) is 9.13. The van der Waals surface area contributed by atoms with E-state index in [0.29, 0.717) is 0 Å². The number of carboxylic acid groups (broad SMARTS) is 1. The number of hydrogen-bond acceptors (Lipinski definition) is 1. The van der Waals surface area contributed by atoms with Gasteiger partial charge in [0.15, 0.2) is 0 Å². The molecule has 0 radical (unpaired) electrons. The van der Waals surface area contributed by atoms with Crippen LogP contribution in [0.15, 0.2) is 12.3 Å². The highest BCUT2D eigenvalue weighted by atomic mass is 35.5. The maximum atomic E-state index is 10.7. The van der Waals surface area contributed by atoms with E-state index in [0.717, 1.165) is 0 Å². The largest absolute Gasteiger partial charge is 0.477 e. The van der Waals surface area contributed by atoms with Gasteiger partial charge in [0.1, 0.15) is 5.69 Å². The van der Waals surface area contributed by atoms with Gasteiger partial charge in [-0.05, 0) is 19.9 Å². The summed E-state index contributed by atoms with van der Waals surface area (Å²) < 4.78 is 1.63. The molecule has 0 amide bonds. The molecule has 0 aliphatic heterocycles. The van der Waals surface area contributed by atoms with E-state index in [2.05, 4.69) is 0 Å². The Morgan fingerprint density at radius 2 is 2.25 bits per heavy atom. The van der Waals surface area contributed by atoms with Crippen LogP contribution < -0.4 is 0 Å². The van der Waals surface area contributed by atoms with Crippen molar-refractivity contribution >= 4 is 17.6 Å². The molecule has 0 aromatic carbocycles. The Labute approximate surface area is 75.6 Å². The Kier molecular flexibility index (Phi) is 2.43. The fourth-order valence-electron chi connectivity index (χ4n) is 1.07. The molecule has 66 valence electrons. The van der Waals surface area contributed by atoms with Crippen molar-refractivity contribution in [3.05, 3.63) is 23.0 Å². The zero-order chi connectivity index (χ0) is 9.30. The second-order valence-corrected chi connectivity index (χ2v) is 3.23. The SMILES string of the molecule is CC(C)n1ccc(Cl)c1C(=O)O. The van der Waals surface area contributed by atoms with Gasteiger partial charge in [0, 0.05) is 12.2 Å². The van der Waals surface area contributed by atoms with Crippen molar-refractivity contribution in [2.75, 3.05) is 0 Å². The van der Waals surface area contributed by atoms with Crippen LogP contribution >= 0.6 is 11.6 Å². The standard InChI is InChI=1S/C8H10ClNO2/c1-5(2)10-4-3-6(9)7(10)8(11)12/h3-5H,1-2H3,(H,11,12). The highest BCUT2D eigenvalue weighted by molar-refractivity contribution is 6.33. The van der Waals surface area contributed by atoms with E-state index < -0.39 is 5.97 Å². The fourth-order valence-corrected chi connectivity index (χ4v) is 1.30. The first-order valence-corrected chi connectivity index (χ1v) is 4.01. The van der Waals surface area contributed by atoms with Crippen molar-refractivity contribution < 1.29 is 9.90 Å². The van der Waals surface area contributed by atoms with Crippen LogP contribution in [0.25, 0.3) is 0 Å². The van der Waals surface area contributed by atoms with Gasteiger partial charge in [-0.15, -0.1) is 0 Å². The van der Waals surface area contributed by atoms with Gasteiger partial charge < -0.3 is 9.67 Å². The van der Waals surface area contributed by atoms with Crippen LogP contribution in [0.3, 0.4) is 0 Å². The lowest BCUT2D eigenvalue weighted by molar-refractivity contribution is 0.0683. The molecule has 1 rings (SSSR count). The highest BCUT2D eigenvalue weighted by Gasteiger charge is 2.15. The van der Waals surface area contributed by atoms with Crippen molar-refractivity contribution in [3.63, 3.8) is 0 Å². The number of hydrogen-bond donors (Lipinski definition) is 1. The Morgan fingerprint density at radius 1 is 1.67 bits per heavy atom. The number of aromatic carboxylic acids is 1. The van der Waals surface area contributed by atoms with Crippen LogP contribution in [0.4, 0.5) is 0 Å². The predicted molar refractivity (Wildman–Crippen MR) is 46.8 cm³/mol. The van der Waals surface area contributed by atoms with Gasteiger partial charge >= 0.3 is 5.97 Å². The second-order valence-electron chi connectivity index (χ2n) is 2.82. The fraction of sp³-hybridized carbons (Fsp3) is 0.375. The minimum Gasteiger partial charge on any atom is -0.477 e. The van der Waals surface area contributed by atoms with Crippen LogP contribution in [-0.2, 0) is 0 Å². The molecule has 0 bridgehead atoms. The van der Waals surface area contributed by atoms with Crippen molar-refractivity contribution in [1.29, 1.82) is 0 Å². The van der Waals surface area contributed by atoms with E-state index in [1.165, 1.54) is 0 Å². The monoisotopic (exact) mass is 187 g/mol. The summed E-state index contributed by atoms with van der Waals surface area (Å²) in [6, 6.07) is 1.70. The summed E-state index contributed by atoms with van der Waals surface area (Å²) in [5.74, 6) is -0.987. The van der Waals surface area contributed by atoms with Crippen LogP contribution in [0.5, 0.6) is 0 Å². The van der Waals surface area contributed by atoms with Gasteiger partial charge in [0.25, 0.3) is 0 Å². The molecule has 0 spiro atoms. The lowest BCUT2D eigenvalue weighted by Crippen LogP contribution is -2.09. The van der Waals surface area contributed by atoms with Crippen LogP contribution in [0, 0.1) is 0 Å². The molecule has 1 heterocycles. The Morgan fingerprint density at radius 3 is 2.58 bits per heavy atom. The van der Waals surface area contributed by atoms with E-state index in [1.807, 2.05) is 13.8 Å². The first-order valence-electron chi connectivity index (χ1n) is 3.63. The van der Waals surface area contributed by atoms with Crippen LogP contribution in [-0.4, -0.2) is 15.6 Å². The van der Waals surface area contributed by atoms with Crippen molar-refractivity contribution in [1.82, 2.24) is 4.57 Å². The second kappa shape index (κ2) is 3.19. The molecule has 1 aromatic heterocycles. The summed E-state index contributed by atoms with van der Waals surface area (Å²) in [4.78, 5) is 10.7. The van der Waals surface area contributed by atoms with Crippen molar-refractivity contribution in [2.45, 2.75) is 19.9 Å². The molecule has 4 heteroatoms. The maximum absolute atomic E-state index is 10.7. The van der Waals surface area contributed by atoms with E-state index in [9.17, 15) is 4.79 Å². The molecule has 12 heavy (non-hydrogen) atoms. The zero-order valence-corrected chi connectivity index (χ0v) is 7.67. The number of rotatable bonds is 2. The summed E-state index contributed by atoms with van der Waals surface area (Å²) in [7, 11) is 0. The molecule has 1 N–H and O–H groups in total. The van der Waals surface area contributed by atoms with Crippen molar-refractivity contribution in [2.24, 2.45) is 0 Å². The third-order valence-corrected chi connectivity index (χ3v) is 1.93. The lowest BCUT2D eigenvalue weighted by Gasteiger charge is -2.09. The quantitative estimate of drug-likeness (QED) is 0.773. The zero-order valence-electron chi connectivity index (χ0n) is 6.91. The van der Waals surface area contributed by atoms with E-state index in [1.54, 1.807) is 16.8 Å². The lowest BCUT2D eigenvalue weighted by atomic mass is 10.3. The summed E-state index contributed by atoms with van der Waals surface area (Å²) in [5, 5.41) is 9.07. The molecule has 0 fully saturated rings. The summed E-state index contributed by atoms with van der Waals surface area (Å²) in [5.41, 5.74) is 0.159. The molecular formula is C8H10ClNO2. The van der Waals surface area contributed by atoms with Crippen LogP contribution in [0.2, 0.25) is 5.02 Å². The first-order chi connectivity index (χ1) is 5.54. The average Bonchev–Trinajstić information content (AvgIpc) is 2.30. The predicted octanol–water partition coefficient (Wildman–Crippen LogP) is 2.42. The minimum atomic E-state index is -0.987. The molecule has 0 unspecified atom stereocenters. The summed E-state index contributed by atoms with van der Waals surface area (Å²) in [6.45, 7) is 3.81. The van der Waals surface area contributed by atoms with Gasteiger partial charge in [-0.2, -0.15) is 0 Å². The van der Waals surface area contributed by atoms with E-state index >= 15 is 0 Å². The van der Waals surface area contributed by atoms with Gasteiger partial charge in [-0.3, -0.25) is 0 Å². The van der Waals surface area contributed by atoms with Gasteiger partial charge in [0.05, 0.1) is 5.02 Å². The van der Waals surface area contributed by atoms with E-state index in [-0.39, 0.29) is 16.8 Å². The van der Waals surface area contributed by atoms with Gasteiger partial charge in [0.2, 0.25) is 0 Å². The molecule has 1 aromatic rings. The topological polar surface area (TPSA) is 42.2 Å². The number of nitrogens with zero attached hydrogens (tertiary/aromatic N) is 1. The third-order valence-electron chi connectivity index (χ3n) is 1.62. The summed E-state index contributed by atoms with van der Waals surface area (Å²) >= 11 is 5.68. The third kappa shape index (κ3) is 1.46. The normalized spacial score (nSPS) is 10.7. The van der Waals surface area contributed by atoms with Gasteiger partial charge in [-0.25, -0.2) is 4.79 Å². The molecule has 0 aliphatic rings. The number of aromatic nitrogens is 1. The van der Waals surface area contributed by atoms with Crippen molar-refractivity contribution in [3.8, 4) is 0 Å². The maximum Gasteiger partial charge on any atom is 0.354 e. The highest BCUT2D eigenvalue weighted by Crippen LogP contribution is 2.20. The van der Waals surface area contributed by atoms with Crippen LogP contribution in [0.1, 0.15) is 30.4 Å². The van der Waals surface area contributed by atoms with Gasteiger partial charge in [-0.1, -0.05) is 11.6 Å². The average molecular weight is 188 g/mol.